The van der Waals surface area contributed by atoms with Crippen LogP contribution >= 0.6 is 0 Å². The summed E-state index contributed by atoms with van der Waals surface area (Å²) in [4.78, 5) is 0. The number of rotatable bonds is 2. The SMILES string of the molecule is C=C(C#N)OC1CC2CCC1(C)C2(C)C. The van der Waals surface area contributed by atoms with E-state index in [2.05, 4.69) is 27.4 Å². The quantitative estimate of drug-likeness (QED) is 0.512. The molecule has 0 aliphatic heterocycles. The maximum atomic E-state index is 8.70. The number of ether oxygens (including phenoxy) is 1. The van der Waals surface area contributed by atoms with E-state index in [1.807, 2.05) is 6.07 Å². The lowest BCUT2D eigenvalue weighted by Crippen LogP contribution is -2.36. The zero-order chi connectivity index (χ0) is 11.3. The van der Waals surface area contributed by atoms with E-state index in [0.717, 1.165) is 12.3 Å². The van der Waals surface area contributed by atoms with E-state index < -0.39 is 0 Å². The summed E-state index contributed by atoms with van der Waals surface area (Å²) in [6, 6.07) is 1.98. The highest BCUT2D eigenvalue weighted by molar-refractivity contribution is 5.15. The molecule has 0 spiro atoms. The Bertz CT molecular complexity index is 339. The molecule has 2 aliphatic carbocycles. The first kappa shape index (κ1) is 10.5. The highest BCUT2D eigenvalue weighted by Crippen LogP contribution is 2.66. The Morgan fingerprint density at radius 1 is 1.47 bits per heavy atom. The van der Waals surface area contributed by atoms with Crippen LogP contribution < -0.4 is 0 Å². The van der Waals surface area contributed by atoms with E-state index in [1.54, 1.807) is 0 Å². The summed E-state index contributed by atoms with van der Waals surface area (Å²) >= 11 is 0. The van der Waals surface area contributed by atoms with E-state index in [1.165, 1.54) is 12.8 Å². The van der Waals surface area contributed by atoms with Crippen LogP contribution in [0.4, 0.5) is 0 Å². The second kappa shape index (κ2) is 3.01. The van der Waals surface area contributed by atoms with Gasteiger partial charge in [-0.3, -0.25) is 0 Å². The maximum Gasteiger partial charge on any atom is 0.189 e. The summed E-state index contributed by atoms with van der Waals surface area (Å²) in [7, 11) is 0. The fourth-order valence-corrected chi connectivity index (χ4v) is 3.51. The molecule has 2 heteroatoms. The lowest BCUT2D eigenvalue weighted by molar-refractivity contribution is -0.00637. The third-order valence-electron chi connectivity index (χ3n) is 5.12. The van der Waals surface area contributed by atoms with Crippen molar-refractivity contribution in [3.05, 3.63) is 12.3 Å². The third-order valence-corrected chi connectivity index (χ3v) is 5.12. The fourth-order valence-electron chi connectivity index (χ4n) is 3.51. The monoisotopic (exact) mass is 205 g/mol. The van der Waals surface area contributed by atoms with Gasteiger partial charge >= 0.3 is 0 Å². The molecule has 2 fully saturated rings. The van der Waals surface area contributed by atoms with Gasteiger partial charge in [0.05, 0.1) is 0 Å². The van der Waals surface area contributed by atoms with Crippen LogP contribution in [0.25, 0.3) is 0 Å². The zero-order valence-corrected chi connectivity index (χ0v) is 9.84. The van der Waals surface area contributed by atoms with Crippen molar-refractivity contribution >= 4 is 0 Å². The number of hydrogen-bond acceptors (Lipinski definition) is 2. The van der Waals surface area contributed by atoms with Gasteiger partial charge in [0.15, 0.2) is 5.76 Å². The lowest BCUT2D eigenvalue weighted by atomic mass is 9.70. The van der Waals surface area contributed by atoms with E-state index in [9.17, 15) is 0 Å². The summed E-state index contributed by atoms with van der Waals surface area (Å²) in [5.41, 5.74) is 0.560. The molecule has 2 bridgehead atoms. The van der Waals surface area contributed by atoms with Gasteiger partial charge in [-0.25, -0.2) is 0 Å². The Morgan fingerprint density at radius 2 is 2.13 bits per heavy atom. The minimum atomic E-state index is 0.193. The summed E-state index contributed by atoms with van der Waals surface area (Å²) in [5, 5.41) is 8.70. The van der Waals surface area contributed by atoms with Gasteiger partial charge in [0.2, 0.25) is 0 Å². The van der Waals surface area contributed by atoms with Gasteiger partial charge in [0.1, 0.15) is 12.2 Å². The van der Waals surface area contributed by atoms with Gasteiger partial charge in [-0.05, 0) is 37.2 Å². The van der Waals surface area contributed by atoms with Crippen molar-refractivity contribution in [1.82, 2.24) is 0 Å². The number of hydrogen-bond donors (Lipinski definition) is 0. The molecule has 2 rings (SSSR count). The Labute approximate surface area is 91.9 Å². The summed E-state index contributed by atoms with van der Waals surface area (Å²) in [6.07, 6.45) is 3.80. The van der Waals surface area contributed by atoms with Crippen LogP contribution in [-0.4, -0.2) is 6.10 Å². The highest BCUT2D eigenvalue weighted by Gasteiger charge is 2.62. The Balaban J connectivity index is 2.20. The molecule has 0 aromatic heterocycles. The Kier molecular flexibility index (Phi) is 2.12. The first-order valence-electron chi connectivity index (χ1n) is 5.67. The molecular formula is C13H19NO. The van der Waals surface area contributed by atoms with Gasteiger partial charge < -0.3 is 4.74 Å². The smallest absolute Gasteiger partial charge is 0.189 e. The Morgan fingerprint density at radius 3 is 2.53 bits per heavy atom. The normalized spacial score (nSPS) is 41.2. The van der Waals surface area contributed by atoms with E-state index in [-0.39, 0.29) is 17.3 Å². The summed E-state index contributed by atoms with van der Waals surface area (Å²) < 4.78 is 5.68. The van der Waals surface area contributed by atoms with E-state index in [0.29, 0.717) is 5.41 Å². The number of fused-ring (bicyclic) bond motifs is 2. The molecule has 15 heavy (non-hydrogen) atoms. The predicted octanol–water partition coefficient (Wildman–Crippen LogP) is 3.26. The van der Waals surface area contributed by atoms with Crippen molar-refractivity contribution in [2.45, 2.75) is 46.1 Å². The van der Waals surface area contributed by atoms with Crippen LogP contribution in [0.1, 0.15) is 40.0 Å². The molecule has 3 atom stereocenters. The predicted molar refractivity (Wildman–Crippen MR) is 58.9 cm³/mol. The van der Waals surface area contributed by atoms with Crippen LogP contribution in [0.5, 0.6) is 0 Å². The lowest BCUT2D eigenvalue weighted by Gasteiger charge is -2.38. The second-order valence-electron chi connectivity index (χ2n) is 5.75. The standard InChI is InChI=1S/C13H19NO/c1-9(8-14)15-11-7-10-5-6-13(11,4)12(10,2)3/h10-11H,1,5-7H2,2-4H3. The first-order valence-corrected chi connectivity index (χ1v) is 5.67. The average molecular weight is 205 g/mol. The second-order valence-corrected chi connectivity index (χ2v) is 5.75. The minimum Gasteiger partial charge on any atom is -0.480 e. The van der Waals surface area contributed by atoms with Gasteiger partial charge in [-0.2, -0.15) is 5.26 Å². The molecular weight excluding hydrogens is 186 g/mol. The van der Waals surface area contributed by atoms with E-state index >= 15 is 0 Å². The molecule has 0 aromatic carbocycles. The maximum absolute atomic E-state index is 8.70. The molecule has 0 N–H and O–H groups in total. The number of allylic oxidation sites excluding steroid dienone is 1. The van der Waals surface area contributed by atoms with Gasteiger partial charge in [0.25, 0.3) is 0 Å². The summed E-state index contributed by atoms with van der Waals surface area (Å²) in [5.74, 6) is 1.02. The molecule has 0 amide bonds. The van der Waals surface area contributed by atoms with E-state index in [4.69, 9.17) is 10.00 Å². The van der Waals surface area contributed by atoms with Crippen molar-refractivity contribution in [2.75, 3.05) is 0 Å². The summed E-state index contributed by atoms with van der Waals surface area (Å²) in [6.45, 7) is 10.6. The van der Waals surface area contributed by atoms with Gasteiger partial charge in [-0.1, -0.05) is 20.8 Å². The van der Waals surface area contributed by atoms with Crippen LogP contribution in [0.3, 0.4) is 0 Å². The third kappa shape index (κ3) is 1.22. The van der Waals surface area contributed by atoms with Crippen molar-refractivity contribution in [2.24, 2.45) is 16.7 Å². The molecule has 0 heterocycles. The molecule has 0 aromatic rings. The average Bonchev–Trinajstić information content (AvgIpc) is 2.50. The molecule has 0 saturated heterocycles. The molecule has 3 unspecified atom stereocenters. The molecule has 82 valence electrons. The fraction of sp³-hybridized carbons (Fsp3) is 0.769. The largest absolute Gasteiger partial charge is 0.480 e. The highest BCUT2D eigenvalue weighted by atomic mass is 16.5. The minimum absolute atomic E-state index is 0.193. The van der Waals surface area contributed by atoms with Crippen LogP contribution in [-0.2, 0) is 4.74 Å². The van der Waals surface area contributed by atoms with Crippen molar-refractivity contribution in [3.63, 3.8) is 0 Å². The number of nitrogens with zero attached hydrogens (tertiary/aromatic N) is 1. The first-order chi connectivity index (χ1) is 6.91. The molecule has 0 radical (unpaired) electrons. The van der Waals surface area contributed by atoms with Gasteiger partial charge in [0, 0.05) is 5.41 Å². The van der Waals surface area contributed by atoms with Crippen molar-refractivity contribution in [1.29, 1.82) is 5.26 Å². The molecule has 2 saturated carbocycles. The van der Waals surface area contributed by atoms with Crippen molar-refractivity contribution < 1.29 is 4.74 Å². The Hall–Kier alpha value is -0.970. The molecule has 2 nitrogen and oxygen atoms in total. The van der Waals surface area contributed by atoms with Crippen LogP contribution in [0, 0.1) is 28.1 Å². The van der Waals surface area contributed by atoms with Gasteiger partial charge in [-0.15, -0.1) is 0 Å². The van der Waals surface area contributed by atoms with Crippen LogP contribution in [0.15, 0.2) is 12.3 Å². The topological polar surface area (TPSA) is 33.0 Å². The molecule has 2 aliphatic rings. The van der Waals surface area contributed by atoms with Crippen LogP contribution in [0.2, 0.25) is 0 Å². The van der Waals surface area contributed by atoms with Crippen molar-refractivity contribution in [3.8, 4) is 6.07 Å². The number of nitriles is 1. The zero-order valence-electron chi connectivity index (χ0n) is 9.84.